The molecule has 1 heterocycles. The Bertz CT molecular complexity index is 682. The second kappa shape index (κ2) is 6.70. The number of aliphatic hydroxyl groups is 1. The zero-order chi connectivity index (χ0) is 16.3. The number of nitrogens with one attached hydrogen (secondary N) is 1. The number of carbonyl (C=O) groups is 1. The molecule has 2 rings (SSSR count). The van der Waals surface area contributed by atoms with Crippen LogP contribution < -0.4 is 5.32 Å². The van der Waals surface area contributed by atoms with E-state index in [4.69, 9.17) is 4.42 Å². The second-order valence-corrected chi connectivity index (χ2v) is 5.06. The molecule has 0 fully saturated rings. The Morgan fingerprint density at radius 1 is 1.27 bits per heavy atom. The van der Waals surface area contributed by atoms with Crippen molar-refractivity contribution in [3.05, 3.63) is 58.5 Å². The number of furan rings is 1. The highest BCUT2D eigenvalue weighted by Gasteiger charge is 2.15. The lowest BCUT2D eigenvalue weighted by Gasteiger charge is -2.10. The molecule has 0 aliphatic rings. The summed E-state index contributed by atoms with van der Waals surface area (Å²) in [4.78, 5) is 11.8. The first-order valence-electron chi connectivity index (χ1n) is 6.86. The van der Waals surface area contributed by atoms with E-state index in [9.17, 15) is 18.7 Å². The standard InChI is InChI=1S/C16H17F2NO3/c1-9-7-12(10(2)22-9)15(20)5-6-19-16(21)11-3-4-13(17)14(18)8-11/h3-4,7-8,15,20H,5-6H2,1-2H3,(H,19,21)/t15-/m1/s1. The van der Waals surface area contributed by atoms with Crippen LogP contribution in [0.15, 0.2) is 28.7 Å². The fraction of sp³-hybridized carbons (Fsp3) is 0.312. The lowest BCUT2D eigenvalue weighted by Crippen LogP contribution is -2.25. The molecule has 2 N–H and O–H groups in total. The lowest BCUT2D eigenvalue weighted by molar-refractivity contribution is 0.0942. The molecule has 4 nitrogen and oxygen atoms in total. The average molecular weight is 309 g/mol. The third-order valence-electron chi connectivity index (χ3n) is 3.32. The summed E-state index contributed by atoms with van der Waals surface area (Å²) in [5.41, 5.74) is 0.711. The lowest BCUT2D eigenvalue weighted by atomic mass is 10.1. The van der Waals surface area contributed by atoms with Gasteiger partial charge >= 0.3 is 0 Å². The number of aliphatic hydroxyl groups excluding tert-OH is 1. The smallest absolute Gasteiger partial charge is 0.251 e. The molecule has 0 radical (unpaired) electrons. The van der Waals surface area contributed by atoms with Crippen LogP contribution in [0.5, 0.6) is 0 Å². The van der Waals surface area contributed by atoms with Crippen molar-refractivity contribution in [2.24, 2.45) is 0 Å². The van der Waals surface area contributed by atoms with Gasteiger partial charge in [-0.15, -0.1) is 0 Å². The molecule has 0 aliphatic carbocycles. The van der Waals surface area contributed by atoms with Gasteiger partial charge in [0.05, 0.1) is 6.10 Å². The van der Waals surface area contributed by atoms with Crippen LogP contribution in [-0.2, 0) is 0 Å². The molecule has 118 valence electrons. The Labute approximate surface area is 126 Å². The first-order chi connectivity index (χ1) is 10.4. The third kappa shape index (κ3) is 3.71. The van der Waals surface area contributed by atoms with Crippen LogP contribution in [0.2, 0.25) is 0 Å². The van der Waals surface area contributed by atoms with Crippen LogP contribution in [0.1, 0.15) is 40.0 Å². The van der Waals surface area contributed by atoms with Gasteiger partial charge in [0.25, 0.3) is 5.91 Å². The van der Waals surface area contributed by atoms with E-state index in [0.29, 0.717) is 17.1 Å². The molecule has 2 aromatic rings. The van der Waals surface area contributed by atoms with Crippen LogP contribution >= 0.6 is 0 Å². The Morgan fingerprint density at radius 2 is 2.00 bits per heavy atom. The summed E-state index contributed by atoms with van der Waals surface area (Å²) in [6.45, 7) is 3.74. The predicted molar refractivity (Wildman–Crippen MR) is 76.5 cm³/mol. The van der Waals surface area contributed by atoms with Crippen molar-refractivity contribution in [1.29, 1.82) is 0 Å². The van der Waals surface area contributed by atoms with E-state index in [1.807, 2.05) is 0 Å². The van der Waals surface area contributed by atoms with Crippen LogP contribution in [0.4, 0.5) is 8.78 Å². The van der Waals surface area contributed by atoms with Gasteiger partial charge in [-0.25, -0.2) is 8.78 Å². The number of hydrogen-bond acceptors (Lipinski definition) is 3. The first kappa shape index (κ1) is 16.2. The quantitative estimate of drug-likeness (QED) is 0.892. The molecule has 0 spiro atoms. The van der Waals surface area contributed by atoms with Crippen molar-refractivity contribution >= 4 is 5.91 Å². The largest absolute Gasteiger partial charge is 0.466 e. The number of hydrogen-bond donors (Lipinski definition) is 2. The van der Waals surface area contributed by atoms with Gasteiger partial charge in [0, 0.05) is 17.7 Å². The molecular formula is C16H17F2NO3. The van der Waals surface area contributed by atoms with Crippen molar-refractivity contribution in [2.45, 2.75) is 26.4 Å². The highest BCUT2D eigenvalue weighted by molar-refractivity contribution is 5.94. The average Bonchev–Trinajstić information content (AvgIpc) is 2.80. The molecule has 22 heavy (non-hydrogen) atoms. The molecule has 1 aromatic carbocycles. The number of amides is 1. The molecule has 1 aromatic heterocycles. The van der Waals surface area contributed by atoms with Crippen molar-refractivity contribution in [2.75, 3.05) is 6.54 Å². The maximum absolute atomic E-state index is 13.1. The minimum Gasteiger partial charge on any atom is -0.466 e. The van der Waals surface area contributed by atoms with Crippen molar-refractivity contribution < 1.29 is 23.1 Å². The molecule has 1 atom stereocenters. The Morgan fingerprint density at radius 3 is 2.59 bits per heavy atom. The van der Waals surface area contributed by atoms with Crippen LogP contribution in [0.3, 0.4) is 0 Å². The van der Waals surface area contributed by atoms with Crippen molar-refractivity contribution in [3.8, 4) is 0 Å². The van der Waals surface area contributed by atoms with Crippen LogP contribution in [0, 0.1) is 25.5 Å². The van der Waals surface area contributed by atoms with E-state index in [2.05, 4.69) is 5.32 Å². The fourth-order valence-corrected chi connectivity index (χ4v) is 2.20. The van der Waals surface area contributed by atoms with Gasteiger partial charge < -0.3 is 14.8 Å². The molecule has 0 bridgehead atoms. The molecule has 0 saturated heterocycles. The summed E-state index contributed by atoms with van der Waals surface area (Å²) in [6.07, 6.45) is -0.474. The minimum atomic E-state index is -1.07. The van der Waals surface area contributed by atoms with Crippen LogP contribution in [0.25, 0.3) is 0 Å². The number of benzene rings is 1. The van der Waals surface area contributed by atoms with Gasteiger partial charge in [-0.1, -0.05) is 0 Å². The summed E-state index contributed by atoms with van der Waals surface area (Å²) in [5.74, 6) is -1.25. The molecule has 6 heteroatoms. The van der Waals surface area contributed by atoms with Gasteiger partial charge in [-0.3, -0.25) is 4.79 Å². The first-order valence-corrected chi connectivity index (χ1v) is 6.86. The fourth-order valence-electron chi connectivity index (χ4n) is 2.20. The highest BCUT2D eigenvalue weighted by atomic mass is 19.2. The summed E-state index contributed by atoms with van der Waals surface area (Å²) in [6, 6.07) is 4.69. The number of halogens is 2. The number of aryl methyl sites for hydroxylation is 2. The Kier molecular flexibility index (Phi) is 4.92. The maximum Gasteiger partial charge on any atom is 0.251 e. The zero-order valence-electron chi connectivity index (χ0n) is 12.3. The topological polar surface area (TPSA) is 62.5 Å². The van der Waals surface area contributed by atoms with E-state index in [0.717, 1.165) is 12.1 Å². The van der Waals surface area contributed by atoms with E-state index in [1.54, 1.807) is 19.9 Å². The summed E-state index contributed by atoms with van der Waals surface area (Å²) in [5, 5.41) is 12.6. The van der Waals surface area contributed by atoms with Gasteiger partial charge in [0.15, 0.2) is 11.6 Å². The highest BCUT2D eigenvalue weighted by Crippen LogP contribution is 2.23. The predicted octanol–water partition coefficient (Wildman–Crippen LogP) is 3.03. The summed E-state index contributed by atoms with van der Waals surface area (Å²) < 4.78 is 31.2. The van der Waals surface area contributed by atoms with Gasteiger partial charge in [0.1, 0.15) is 11.5 Å². The molecule has 0 saturated carbocycles. The van der Waals surface area contributed by atoms with Crippen molar-refractivity contribution in [3.63, 3.8) is 0 Å². The van der Waals surface area contributed by atoms with Crippen molar-refractivity contribution in [1.82, 2.24) is 5.32 Å². The second-order valence-electron chi connectivity index (χ2n) is 5.06. The zero-order valence-corrected chi connectivity index (χ0v) is 12.3. The van der Waals surface area contributed by atoms with Gasteiger partial charge in [-0.2, -0.15) is 0 Å². The van der Waals surface area contributed by atoms with E-state index < -0.39 is 23.6 Å². The number of rotatable bonds is 5. The summed E-state index contributed by atoms with van der Waals surface area (Å²) in [7, 11) is 0. The van der Waals surface area contributed by atoms with E-state index in [1.165, 1.54) is 6.07 Å². The Hall–Kier alpha value is -2.21. The van der Waals surface area contributed by atoms with E-state index in [-0.39, 0.29) is 18.5 Å². The monoisotopic (exact) mass is 309 g/mol. The molecule has 0 aliphatic heterocycles. The molecule has 0 unspecified atom stereocenters. The number of carbonyl (C=O) groups excluding carboxylic acids is 1. The Balaban J connectivity index is 1.89. The van der Waals surface area contributed by atoms with Gasteiger partial charge in [-0.05, 0) is 44.5 Å². The molecule has 1 amide bonds. The third-order valence-corrected chi connectivity index (χ3v) is 3.32. The van der Waals surface area contributed by atoms with Crippen LogP contribution in [-0.4, -0.2) is 17.6 Å². The maximum atomic E-state index is 13.1. The van der Waals surface area contributed by atoms with E-state index >= 15 is 0 Å². The molecular weight excluding hydrogens is 292 g/mol. The SMILES string of the molecule is Cc1cc([C@H](O)CCNC(=O)c2ccc(F)c(F)c2)c(C)o1. The normalized spacial score (nSPS) is 12.2. The minimum absolute atomic E-state index is 0.0312. The summed E-state index contributed by atoms with van der Waals surface area (Å²) >= 11 is 0. The van der Waals surface area contributed by atoms with Gasteiger partial charge in [0.2, 0.25) is 0 Å².